The molecule has 0 spiro atoms. The maximum Gasteiger partial charge on any atom is 0.243 e. The van der Waals surface area contributed by atoms with Crippen LogP contribution in [0.2, 0.25) is 0 Å². The Bertz CT molecular complexity index is 772. The number of carbonyl (C=O) groups is 1. The standard InChI is InChI=1S/C18H22N2O3S/c1-3-13-20(14-16-7-5-4-6-8-16)24(22,23)18-11-9-17(10-12-18)19-15(2)21/h4-12H,3,13-14H2,1-2H3,(H,19,21). The van der Waals surface area contributed by atoms with Crippen LogP contribution >= 0.6 is 0 Å². The van der Waals surface area contributed by atoms with E-state index >= 15 is 0 Å². The smallest absolute Gasteiger partial charge is 0.243 e. The summed E-state index contributed by atoms with van der Waals surface area (Å²) in [5, 5.41) is 2.63. The molecule has 1 amide bonds. The molecular weight excluding hydrogens is 324 g/mol. The minimum Gasteiger partial charge on any atom is -0.326 e. The first-order valence-corrected chi connectivity index (χ1v) is 9.29. The van der Waals surface area contributed by atoms with Crippen molar-refractivity contribution in [1.29, 1.82) is 0 Å². The summed E-state index contributed by atoms with van der Waals surface area (Å²) in [5.74, 6) is -0.192. The van der Waals surface area contributed by atoms with Crippen LogP contribution in [0.4, 0.5) is 5.69 Å². The van der Waals surface area contributed by atoms with Gasteiger partial charge in [0, 0.05) is 25.7 Å². The van der Waals surface area contributed by atoms with Gasteiger partial charge in [-0.05, 0) is 36.2 Å². The maximum atomic E-state index is 12.9. The number of rotatable bonds is 7. The number of hydrogen-bond donors (Lipinski definition) is 1. The molecule has 0 radical (unpaired) electrons. The molecule has 0 saturated heterocycles. The summed E-state index contributed by atoms with van der Waals surface area (Å²) in [4.78, 5) is 11.3. The summed E-state index contributed by atoms with van der Waals surface area (Å²) in [6, 6.07) is 15.8. The molecule has 0 aliphatic heterocycles. The molecule has 128 valence electrons. The zero-order valence-electron chi connectivity index (χ0n) is 13.9. The van der Waals surface area contributed by atoms with E-state index in [0.717, 1.165) is 12.0 Å². The van der Waals surface area contributed by atoms with Gasteiger partial charge in [0.2, 0.25) is 15.9 Å². The lowest BCUT2D eigenvalue weighted by Crippen LogP contribution is -2.31. The summed E-state index contributed by atoms with van der Waals surface area (Å²) < 4.78 is 27.3. The van der Waals surface area contributed by atoms with Gasteiger partial charge in [0.05, 0.1) is 4.90 Å². The second-order valence-electron chi connectivity index (χ2n) is 5.53. The molecule has 0 saturated carbocycles. The first-order valence-electron chi connectivity index (χ1n) is 7.85. The highest BCUT2D eigenvalue weighted by Crippen LogP contribution is 2.21. The monoisotopic (exact) mass is 346 g/mol. The van der Waals surface area contributed by atoms with Crippen molar-refractivity contribution < 1.29 is 13.2 Å². The number of nitrogens with zero attached hydrogens (tertiary/aromatic N) is 1. The average Bonchev–Trinajstić information content (AvgIpc) is 2.55. The molecule has 24 heavy (non-hydrogen) atoms. The van der Waals surface area contributed by atoms with Crippen LogP contribution in [0.15, 0.2) is 59.5 Å². The predicted molar refractivity (Wildman–Crippen MR) is 95.1 cm³/mol. The van der Waals surface area contributed by atoms with Crippen LogP contribution in [0.3, 0.4) is 0 Å². The molecule has 0 heterocycles. The fourth-order valence-electron chi connectivity index (χ4n) is 2.38. The van der Waals surface area contributed by atoms with Crippen LogP contribution in [-0.2, 0) is 21.4 Å². The topological polar surface area (TPSA) is 66.5 Å². The molecule has 0 atom stereocenters. The van der Waals surface area contributed by atoms with Crippen molar-refractivity contribution in [3.8, 4) is 0 Å². The first kappa shape index (κ1) is 18.2. The molecule has 0 aromatic heterocycles. The minimum absolute atomic E-state index is 0.192. The van der Waals surface area contributed by atoms with Crippen LogP contribution in [-0.4, -0.2) is 25.2 Å². The van der Waals surface area contributed by atoms with E-state index in [9.17, 15) is 13.2 Å². The quantitative estimate of drug-likeness (QED) is 0.837. The lowest BCUT2D eigenvalue weighted by atomic mass is 10.2. The summed E-state index contributed by atoms with van der Waals surface area (Å²) in [6.45, 7) is 4.15. The molecule has 1 N–H and O–H groups in total. The van der Waals surface area contributed by atoms with Crippen LogP contribution in [0.1, 0.15) is 25.8 Å². The van der Waals surface area contributed by atoms with Crippen molar-refractivity contribution in [2.24, 2.45) is 0 Å². The number of carbonyl (C=O) groups excluding carboxylic acids is 1. The molecule has 6 heteroatoms. The average molecular weight is 346 g/mol. The van der Waals surface area contributed by atoms with E-state index in [-0.39, 0.29) is 10.8 Å². The Morgan fingerprint density at radius 3 is 2.21 bits per heavy atom. The van der Waals surface area contributed by atoms with Crippen molar-refractivity contribution in [3.63, 3.8) is 0 Å². The lowest BCUT2D eigenvalue weighted by molar-refractivity contribution is -0.114. The zero-order valence-corrected chi connectivity index (χ0v) is 14.7. The summed E-state index contributed by atoms with van der Waals surface area (Å²) in [5.41, 5.74) is 1.52. The molecule has 0 bridgehead atoms. The number of anilines is 1. The number of benzene rings is 2. The summed E-state index contributed by atoms with van der Waals surface area (Å²) in [6.07, 6.45) is 0.732. The number of hydrogen-bond acceptors (Lipinski definition) is 3. The molecule has 5 nitrogen and oxygen atoms in total. The van der Waals surface area contributed by atoms with Crippen LogP contribution in [0.5, 0.6) is 0 Å². The Morgan fingerprint density at radius 2 is 1.67 bits per heavy atom. The van der Waals surface area contributed by atoms with Crippen molar-refractivity contribution in [2.45, 2.75) is 31.7 Å². The second-order valence-corrected chi connectivity index (χ2v) is 7.47. The highest BCUT2D eigenvalue weighted by Gasteiger charge is 2.23. The van der Waals surface area contributed by atoms with E-state index in [2.05, 4.69) is 5.32 Å². The van der Waals surface area contributed by atoms with Crippen LogP contribution in [0, 0.1) is 0 Å². The third-order valence-corrected chi connectivity index (χ3v) is 5.35. The fraction of sp³-hybridized carbons (Fsp3) is 0.278. The third-order valence-electron chi connectivity index (χ3n) is 3.49. The molecular formula is C18H22N2O3S. The van der Waals surface area contributed by atoms with Crippen molar-refractivity contribution in [2.75, 3.05) is 11.9 Å². The van der Waals surface area contributed by atoms with Gasteiger partial charge < -0.3 is 5.32 Å². The van der Waals surface area contributed by atoms with Gasteiger partial charge >= 0.3 is 0 Å². The fourth-order valence-corrected chi connectivity index (χ4v) is 3.90. The van der Waals surface area contributed by atoms with Gasteiger partial charge in [-0.2, -0.15) is 4.31 Å². The Morgan fingerprint density at radius 1 is 1.04 bits per heavy atom. The Labute approximate surface area is 143 Å². The van der Waals surface area contributed by atoms with E-state index in [1.807, 2.05) is 37.3 Å². The normalized spacial score (nSPS) is 11.5. The van der Waals surface area contributed by atoms with Gasteiger partial charge in [-0.3, -0.25) is 4.79 Å². The van der Waals surface area contributed by atoms with Gasteiger partial charge in [0.25, 0.3) is 0 Å². The number of sulfonamides is 1. The Balaban J connectivity index is 2.25. The maximum absolute atomic E-state index is 12.9. The molecule has 0 fully saturated rings. The Kier molecular flexibility index (Phi) is 6.11. The third kappa shape index (κ3) is 4.66. The summed E-state index contributed by atoms with van der Waals surface area (Å²) in [7, 11) is -3.59. The highest BCUT2D eigenvalue weighted by atomic mass is 32.2. The molecule has 2 aromatic carbocycles. The molecule has 2 rings (SSSR count). The molecule has 0 aliphatic rings. The Hall–Kier alpha value is -2.18. The highest BCUT2D eigenvalue weighted by molar-refractivity contribution is 7.89. The van der Waals surface area contributed by atoms with Crippen LogP contribution in [0.25, 0.3) is 0 Å². The van der Waals surface area contributed by atoms with E-state index in [4.69, 9.17) is 0 Å². The van der Waals surface area contributed by atoms with Gasteiger partial charge in [-0.25, -0.2) is 8.42 Å². The lowest BCUT2D eigenvalue weighted by Gasteiger charge is -2.22. The van der Waals surface area contributed by atoms with E-state index < -0.39 is 10.0 Å². The molecule has 0 aliphatic carbocycles. The van der Waals surface area contributed by atoms with Gasteiger partial charge in [0.15, 0.2) is 0 Å². The first-order chi connectivity index (χ1) is 11.4. The largest absolute Gasteiger partial charge is 0.326 e. The minimum atomic E-state index is -3.59. The predicted octanol–water partition coefficient (Wildman–Crippen LogP) is 3.25. The SMILES string of the molecule is CCCN(Cc1ccccc1)S(=O)(=O)c1ccc(NC(C)=O)cc1. The molecule has 2 aromatic rings. The number of nitrogens with one attached hydrogen (secondary N) is 1. The van der Waals surface area contributed by atoms with E-state index in [1.54, 1.807) is 12.1 Å². The van der Waals surface area contributed by atoms with Crippen LogP contribution < -0.4 is 5.32 Å². The van der Waals surface area contributed by atoms with Gasteiger partial charge in [-0.15, -0.1) is 0 Å². The van der Waals surface area contributed by atoms with Crippen molar-refractivity contribution in [1.82, 2.24) is 4.31 Å². The number of amides is 1. The van der Waals surface area contributed by atoms with Crippen molar-refractivity contribution in [3.05, 3.63) is 60.2 Å². The van der Waals surface area contributed by atoms with Gasteiger partial charge in [0.1, 0.15) is 0 Å². The zero-order chi connectivity index (χ0) is 17.6. The van der Waals surface area contributed by atoms with Crippen molar-refractivity contribution >= 4 is 21.6 Å². The van der Waals surface area contributed by atoms with E-state index in [1.165, 1.54) is 23.4 Å². The summed E-state index contributed by atoms with van der Waals surface area (Å²) >= 11 is 0. The second kappa shape index (κ2) is 8.08. The van der Waals surface area contributed by atoms with E-state index in [0.29, 0.717) is 18.8 Å². The molecule has 0 unspecified atom stereocenters. The van der Waals surface area contributed by atoms with Gasteiger partial charge in [-0.1, -0.05) is 37.3 Å².